The van der Waals surface area contributed by atoms with Crippen LogP contribution < -0.4 is 0 Å². The van der Waals surface area contributed by atoms with Gasteiger partial charge in [-0.3, -0.25) is 0 Å². The van der Waals surface area contributed by atoms with Gasteiger partial charge in [0, 0.05) is 0 Å². The molecule has 1 rings (SSSR count). The zero-order valence-corrected chi connectivity index (χ0v) is 12.4. The van der Waals surface area contributed by atoms with Crippen LogP contribution >= 0.6 is 0 Å². The Labute approximate surface area is 102 Å². The van der Waals surface area contributed by atoms with Gasteiger partial charge in [-0.05, 0) is 31.2 Å². The number of aliphatic hydroxyl groups excluding tert-OH is 1. The second kappa shape index (κ2) is 6.01. The summed E-state index contributed by atoms with van der Waals surface area (Å²) in [6.45, 7) is 9.16. The SMILES string of the molecule is C/C=C\[C@H]([C@@H](O)C1CCCCC1)[Si](C)(C)C. The first kappa shape index (κ1) is 14.0. The quantitative estimate of drug-likeness (QED) is 0.576. The van der Waals surface area contributed by atoms with E-state index in [1.807, 2.05) is 0 Å². The van der Waals surface area contributed by atoms with Crippen LogP contribution in [0, 0.1) is 5.92 Å². The van der Waals surface area contributed by atoms with E-state index in [0.29, 0.717) is 11.5 Å². The molecule has 0 heterocycles. The van der Waals surface area contributed by atoms with Crippen molar-refractivity contribution in [2.24, 2.45) is 5.92 Å². The molecule has 0 amide bonds. The molecular formula is C14H28OSi. The lowest BCUT2D eigenvalue weighted by Gasteiger charge is -2.37. The number of hydrogen-bond donors (Lipinski definition) is 1. The molecule has 0 aromatic carbocycles. The smallest absolute Gasteiger partial charge is 0.0606 e. The van der Waals surface area contributed by atoms with Gasteiger partial charge >= 0.3 is 0 Å². The van der Waals surface area contributed by atoms with Crippen molar-refractivity contribution < 1.29 is 5.11 Å². The molecule has 0 saturated heterocycles. The number of hydrogen-bond acceptors (Lipinski definition) is 1. The van der Waals surface area contributed by atoms with E-state index in [9.17, 15) is 5.11 Å². The van der Waals surface area contributed by atoms with Crippen LogP contribution in [0.4, 0.5) is 0 Å². The zero-order valence-electron chi connectivity index (χ0n) is 11.4. The first-order chi connectivity index (χ1) is 7.46. The highest BCUT2D eigenvalue weighted by Crippen LogP contribution is 2.36. The van der Waals surface area contributed by atoms with E-state index in [1.54, 1.807) is 0 Å². The standard InChI is InChI=1S/C14H28OSi/c1-5-9-13(16(2,3)4)14(15)12-10-7-6-8-11-12/h5,9,12-15H,6-8,10-11H2,1-4H3/b9-5-/t13-,14+/m1/s1. The summed E-state index contributed by atoms with van der Waals surface area (Å²) in [7, 11) is -1.29. The van der Waals surface area contributed by atoms with Gasteiger partial charge in [-0.15, -0.1) is 0 Å². The molecule has 1 fully saturated rings. The Balaban J connectivity index is 2.69. The van der Waals surface area contributed by atoms with Gasteiger partial charge in [-0.25, -0.2) is 0 Å². The van der Waals surface area contributed by atoms with Crippen molar-refractivity contribution in [3.8, 4) is 0 Å². The van der Waals surface area contributed by atoms with Crippen molar-refractivity contribution in [3.63, 3.8) is 0 Å². The molecule has 94 valence electrons. The molecule has 0 spiro atoms. The third kappa shape index (κ3) is 3.74. The molecule has 1 aliphatic rings. The Bertz CT molecular complexity index is 223. The normalized spacial score (nSPS) is 23.6. The number of allylic oxidation sites excluding steroid dienone is 1. The van der Waals surface area contributed by atoms with Crippen molar-refractivity contribution in [2.45, 2.75) is 70.3 Å². The molecule has 2 atom stereocenters. The zero-order chi connectivity index (χ0) is 12.2. The fourth-order valence-electron chi connectivity index (χ4n) is 2.89. The summed E-state index contributed by atoms with van der Waals surface area (Å²) in [6, 6.07) is 0. The van der Waals surface area contributed by atoms with Crippen LogP contribution in [0.15, 0.2) is 12.2 Å². The molecular weight excluding hydrogens is 212 g/mol. The van der Waals surface area contributed by atoms with Crippen molar-refractivity contribution in [1.29, 1.82) is 0 Å². The second-order valence-electron chi connectivity index (χ2n) is 6.31. The molecule has 1 N–H and O–H groups in total. The molecule has 0 aromatic rings. The molecule has 1 aliphatic carbocycles. The van der Waals surface area contributed by atoms with Crippen molar-refractivity contribution in [2.75, 3.05) is 0 Å². The van der Waals surface area contributed by atoms with Crippen molar-refractivity contribution >= 4 is 8.07 Å². The highest BCUT2D eigenvalue weighted by Gasteiger charge is 2.35. The van der Waals surface area contributed by atoms with Gasteiger partial charge in [0.15, 0.2) is 0 Å². The Morgan fingerprint density at radius 1 is 1.12 bits per heavy atom. The van der Waals surface area contributed by atoms with Crippen LogP contribution in [0.3, 0.4) is 0 Å². The first-order valence-corrected chi connectivity index (χ1v) is 10.4. The predicted octanol–water partition coefficient (Wildman–Crippen LogP) is 4.21. The van der Waals surface area contributed by atoms with Crippen LogP contribution in [-0.2, 0) is 0 Å². The lowest BCUT2D eigenvalue weighted by atomic mass is 9.84. The van der Waals surface area contributed by atoms with Crippen LogP contribution in [-0.4, -0.2) is 19.3 Å². The lowest BCUT2D eigenvalue weighted by Crippen LogP contribution is -2.39. The summed E-state index contributed by atoms with van der Waals surface area (Å²) in [6.07, 6.45) is 10.7. The van der Waals surface area contributed by atoms with Crippen molar-refractivity contribution in [3.05, 3.63) is 12.2 Å². The summed E-state index contributed by atoms with van der Waals surface area (Å²) in [5.74, 6) is 0.557. The average Bonchev–Trinajstić information content (AvgIpc) is 2.25. The van der Waals surface area contributed by atoms with E-state index in [4.69, 9.17) is 0 Å². The molecule has 2 heteroatoms. The topological polar surface area (TPSA) is 20.2 Å². The summed E-state index contributed by atoms with van der Waals surface area (Å²) in [5.41, 5.74) is 0.431. The molecule has 1 saturated carbocycles. The fraction of sp³-hybridized carbons (Fsp3) is 0.857. The van der Waals surface area contributed by atoms with E-state index in [0.717, 1.165) is 0 Å². The second-order valence-corrected chi connectivity index (χ2v) is 11.7. The maximum Gasteiger partial charge on any atom is 0.0606 e. The molecule has 0 radical (unpaired) electrons. The molecule has 0 aliphatic heterocycles. The summed E-state index contributed by atoms with van der Waals surface area (Å²) >= 11 is 0. The highest BCUT2D eigenvalue weighted by atomic mass is 28.3. The molecule has 1 nitrogen and oxygen atoms in total. The maximum atomic E-state index is 10.6. The first-order valence-electron chi connectivity index (χ1n) is 6.77. The minimum Gasteiger partial charge on any atom is -0.393 e. The van der Waals surface area contributed by atoms with Gasteiger partial charge < -0.3 is 5.11 Å². The van der Waals surface area contributed by atoms with E-state index in [2.05, 4.69) is 38.7 Å². The molecule has 0 bridgehead atoms. The van der Waals surface area contributed by atoms with E-state index >= 15 is 0 Å². The lowest BCUT2D eigenvalue weighted by molar-refractivity contribution is 0.0857. The van der Waals surface area contributed by atoms with Crippen LogP contribution in [0.1, 0.15) is 39.0 Å². The fourth-order valence-corrected chi connectivity index (χ4v) is 4.96. The van der Waals surface area contributed by atoms with Crippen LogP contribution in [0.2, 0.25) is 25.2 Å². The van der Waals surface area contributed by atoms with E-state index in [1.165, 1.54) is 32.1 Å². The third-order valence-electron chi connectivity index (χ3n) is 3.90. The van der Waals surface area contributed by atoms with Gasteiger partial charge in [0.2, 0.25) is 0 Å². The van der Waals surface area contributed by atoms with Crippen LogP contribution in [0.25, 0.3) is 0 Å². The minimum absolute atomic E-state index is 0.0943. The van der Waals surface area contributed by atoms with Gasteiger partial charge in [-0.2, -0.15) is 0 Å². The van der Waals surface area contributed by atoms with Gasteiger partial charge in [0.05, 0.1) is 14.2 Å². The Kier molecular flexibility index (Phi) is 5.26. The van der Waals surface area contributed by atoms with Crippen LogP contribution in [0.5, 0.6) is 0 Å². The Morgan fingerprint density at radius 3 is 2.12 bits per heavy atom. The maximum absolute atomic E-state index is 10.6. The highest BCUT2D eigenvalue weighted by molar-refractivity contribution is 6.78. The molecule has 0 unspecified atom stereocenters. The number of aliphatic hydroxyl groups is 1. The largest absolute Gasteiger partial charge is 0.393 e. The summed E-state index contributed by atoms with van der Waals surface area (Å²) in [4.78, 5) is 0. The van der Waals surface area contributed by atoms with Crippen molar-refractivity contribution in [1.82, 2.24) is 0 Å². The monoisotopic (exact) mass is 240 g/mol. The van der Waals surface area contributed by atoms with E-state index < -0.39 is 8.07 Å². The summed E-state index contributed by atoms with van der Waals surface area (Å²) < 4.78 is 0. The predicted molar refractivity (Wildman–Crippen MR) is 74.5 cm³/mol. The van der Waals surface area contributed by atoms with E-state index in [-0.39, 0.29) is 6.10 Å². The van der Waals surface area contributed by atoms with Gasteiger partial charge in [-0.1, -0.05) is 51.1 Å². The van der Waals surface area contributed by atoms with Gasteiger partial charge in [0.1, 0.15) is 0 Å². The third-order valence-corrected chi connectivity index (χ3v) is 6.43. The Hall–Kier alpha value is -0.0831. The molecule has 0 aromatic heterocycles. The number of rotatable bonds is 4. The average molecular weight is 240 g/mol. The Morgan fingerprint density at radius 2 is 1.69 bits per heavy atom. The van der Waals surface area contributed by atoms with Gasteiger partial charge in [0.25, 0.3) is 0 Å². The molecule has 16 heavy (non-hydrogen) atoms. The summed E-state index contributed by atoms with van der Waals surface area (Å²) in [5, 5.41) is 10.6. The minimum atomic E-state index is -1.29.